The van der Waals surface area contributed by atoms with Crippen LogP contribution in [0, 0.1) is 11.6 Å². The van der Waals surface area contributed by atoms with Crippen LogP contribution in [-0.2, 0) is 4.74 Å². The lowest BCUT2D eigenvalue weighted by molar-refractivity contribution is 0.0599. The number of methoxy groups -OCH3 is 1. The van der Waals surface area contributed by atoms with Crippen molar-refractivity contribution < 1.29 is 38.4 Å². The minimum absolute atomic E-state index is 0.0767. The van der Waals surface area contributed by atoms with Gasteiger partial charge in [-0.3, -0.25) is 0 Å². The summed E-state index contributed by atoms with van der Waals surface area (Å²) in [6.07, 6.45) is 0. The molecule has 0 saturated heterocycles. The number of hydrogen-bond donors (Lipinski definition) is 3. The lowest BCUT2D eigenvalue weighted by Gasteiger charge is -1.99. The van der Waals surface area contributed by atoms with Crippen LogP contribution < -0.4 is 0 Å². The van der Waals surface area contributed by atoms with E-state index in [2.05, 4.69) is 4.74 Å². The summed E-state index contributed by atoms with van der Waals surface area (Å²) in [5.41, 5.74) is -0.104. The number of phenols is 2. The number of halogens is 2. The maximum absolute atomic E-state index is 12.6. The van der Waals surface area contributed by atoms with Gasteiger partial charge in [-0.05, 0) is 36.4 Å². The number of esters is 1. The Bertz CT molecular complexity index is 730. The lowest BCUT2D eigenvalue weighted by atomic mass is 10.2. The molecule has 8 heteroatoms. The molecule has 0 amide bonds. The highest BCUT2D eigenvalue weighted by Crippen LogP contribution is 2.16. The van der Waals surface area contributed by atoms with E-state index in [1.54, 1.807) is 0 Å². The third-order valence-electron chi connectivity index (χ3n) is 2.56. The molecule has 0 aliphatic heterocycles. The number of carboxylic acid groups (broad SMARTS) is 1. The summed E-state index contributed by atoms with van der Waals surface area (Å²) in [7, 11) is 1.20. The molecule has 3 N–H and O–H groups in total. The topological polar surface area (TPSA) is 104 Å². The van der Waals surface area contributed by atoms with E-state index in [9.17, 15) is 18.4 Å². The SMILES string of the molecule is COC(=O)c1ccc(O)c(F)c1.O=C(O)c1ccc(O)c(F)c1. The number of carboxylic acids is 1. The Labute approximate surface area is 129 Å². The van der Waals surface area contributed by atoms with E-state index in [-0.39, 0.29) is 11.1 Å². The molecule has 122 valence electrons. The first-order valence-corrected chi connectivity index (χ1v) is 6.05. The molecular weight excluding hydrogens is 314 g/mol. The van der Waals surface area contributed by atoms with Gasteiger partial charge in [0.25, 0.3) is 0 Å². The smallest absolute Gasteiger partial charge is 0.337 e. The van der Waals surface area contributed by atoms with Gasteiger partial charge in [-0.15, -0.1) is 0 Å². The summed E-state index contributed by atoms with van der Waals surface area (Å²) in [6.45, 7) is 0. The van der Waals surface area contributed by atoms with E-state index in [0.717, 1.165) is 30.3 Å². The molecule has 0 bridgehead atoms. The van der Waals surface area contributed by atoms with Gasteiger partial charge in [0, 0.05) is 0 Å². The number of hydrogen-bond acceptors (Lipinski definition) is 5. The van der Waals surface area contributed by atoms with Crippen molar-refractivity contribution in [2.24, 2.45) is 0 Å². The molecule has 0 spiro atoms. The van der Waals surface area contributed by atoms with Crippen molar-refractivity contribution in [1.29, 1.82) is 0 Å². The van der Waals surface area contributed by atoms with E-state index in [1.807, 2.05) is 0 Å². The van der Waals surface area contributed by atoms with Crippen LogP contribution in [0.1, 0.15) is 20.7 Å². The van der Waals surface area contributed by atoms with Crippen LogP contribution in [0.15, 0.2) is 36.4 Å². The van der Waals surface area contributed by atoms with Crippen LogP contribution in [0.5, 0.6) is 11.5 Å². The second kappa shape index (κ2) is 7.74. The minimum atomic E-state index is -1.22. The zero-order valence-corrected chi connectivity index (χ0v) is 11.8. The molecular formula is C15H12F2O6. The average Bonchev–Trinajstić information content (AvgIpc) is 2.52. The molecule has 0 radical (unpaired) electrons. The quantitative estimate of drug-likeness (QED) is 0.733. The summed E-state index contributed by atoms with van der Waals surface area (Å²) in [4.78, 5) is 21.0. The lowest BCUT2D eigenvalue weighted by Crippen LogP contribution is -2.01. The molecule has 0 aromatic heterocycles. The zero-order valence-electron chi connectivity index (χ0n) is 11.8. The Hall–Kier alpha value is -3.16. The number of ether oxygens (including phenoxy) is 1. The zero-order chi connectivity index (χ0) is 17.6. The van der Waals surface area contributed by atoms with Crippen molar-refractivity contribution in [1.82, 2.24) is 0 Å². The molecule has 2 aromatic carbocycles. The van der Waals surface area contributed by atoms with Gasteiger partial charge in [-0.1, -0.05) is 0 Å². The molecule has 0 unspecified atom stereocenters. The van der Waals surface area contributed by atoms with Gasteiger partial charge >= 0.3 is 11.9 Å². The molecule has 0 heterocycles. The Morgan fingerprint density at radius 1 is 0.913 bits per heavy atom. The minimum Gasteiger partial charge on any atom is -0.505 e. The van der Waals surface area contributed by atoms with E-state index in [1.165, 1.54) is 13.2 Å². The fraction of sp³-hybridized carbons (Fsp3) is 0.0667. The van der Waals surface area contributed by atoms with Crippen LogP contribution in [0.25, 0.3) is 0 Å². The van der Waals surface area contributed by atoms with Crippen molar-refractivity contribution in [2.75, 3.05) is 7.11 Å². The molecule has 0 aliphatic carbocycles. The summed E-state index contributed by atoms with van der Waals surface area (Å²) in [5.74, 6) is -4.64. The van der Waals surface area contributed by atoms with Crippen LogP contribution in [-0.4, -0.2) is 34.4 Å². The second-order valence-electron chi connectivity index (χ2n) is 4.13. The van der Waals surface area contributed by atoms with Gasteiger partial charge in [0.1, 0.15) is 0 Å². The maximum atomic E-state index is 12.6. The first-order chi connectivity index (χ1) is 10.8. The van der Waals surface area contributed by atoms with E-state index < -0.39 is 35.1 Å². The number of phenolic OH excluding ortho intramolecular Hbond substituents is 2. The highest BCUT2D eigenvalue weighted by Gasteiger charge is 2.08. The van der Waals surface area contributed by atoms with Gasteiger partial charge in [-0.25, -0.2) is 18.4 Å². The summed E-state index contributed by atoms with van der Waals surface area (Å²) in [5, 5.41) is 25.8. The molecule has 0 saturated carbocycles. The van der Waals surface area contributed by atoms with E-state index >= 15 is 0 Å². The summed E-state index contributed by atoms with van der Waals surface area (Å²) >= 11 is 0. The normalized spacial score (nSPS) is 9.52. The van der Waals surface area contributed by atoms with Crippen LogP contribution in [0.4, 0.5) is 8.78 Å². The van der Waals surface area contributed by atoms with Crippen molar-refractivity contribution in [3.05, 3.63) is 59.2 Å². The van der Waals surface area contributed by atoms with Crippen molar-refractivity contribution in [3.63, 3.8) is 0 Å². The van der Waals surface area contributed by atoms with E-state index in [0.29, 0.717) is 0 Å². The molecule has 23 heavy (non-hydrogen) atoms. The fourth-order valence-electron chi connectivity index (χ4n) is 1.39. The highest BCUT2D eigenvalue weighted by atomic mass is 19.1. The molecule has 0 atom stereocenters. The van der Waals surface area contributed by atoms with E-state index in [4.69, 9.17) is 15.3 Å². The van der Waals surface area contributed by atoms with Gasteiger partial charge in [-0.2, -0.15) is 0 Å². The number of aromatic carboxylic acids is 1. The fourth-order valence-corrected chi connectivity index (χ4v) is 1.39. The molecule has 2 aromatic rings. The number of carbonyl (C=O) groups is 2. The number of benzene rings is 2. The largest absolute Gasteiger partial charge is 0.505 e. The predicted molar refractivity (Wildman–Crippen MR) is 74.4 cm³/mol. The van der Waals surface area contributed by atoms with Crippen LogP contribution in [0.3, 0.4) is 0 Å². The molecule has 0 fully saturated rings. The predicted octanol–water partition coefficient (Wildman–Crippen LogP) is 2.55. The standard InChI is InChI=1S/C8H7FO3.C7H5FO3/c1-12-8(11)5-2-3-7(10)6(9)4-5;8-5-3-4(7(10)11)1-2-6(5)9/h2-4,10H,1H3;1-3,9H,(H,10,11). The summed E-state index contributed by atoms with van der Waals surface area (Å²) < 4.78 is 29.4. The second-order valence-corrected chi connectivity index (χ2v) is 4.13. The van der Waals surface area contributed by atoms with Crippen molar-refractivity contribution >= 4 is 11.9 Å². The molecule has 2 rings (SSSR count). The Kier molecular flexibility index (Phi) is 6.02. The summed E-state index contributed by atoms with van der Waals surface area (Å²) in [6, 6.07) is 6.18. The Morgan fingerprint density at radius 2 is 1.35 bits per heavy atom. The number of aromatic hydroxyl groups is 2. The third kappa shape index (κ3) is 4.95. The Balaban J connectivity index is 0.000000231. The highest BCUT2D eigenvalue weighted by molar-refractivity contribution is 5.89. The maximum Gasteiger partial charge on any atom is 0.337 e. The number of carbonyl (C=O) groups excluding carboxylic acids is 1. The number of rotatable bonds is 2. The van der Waals surface area contributed by atoms with Gasteiger partial charge in [0.15, 0.2) is 23.1 Å². The monoisotopic (exact) mass is 326 g/mol. The Morgan fingerprint density at radius 3 is 1.74 bits per heavy atom. The average molecular weight is 326 g/mol. The van der Waals surface area contributed by atoms with Crippen LogP contribution in [0.2, 0.25) is 0 Å². The van der Waals surface area contributed by atoms with Gasteiger partial charge in [0.05, 0.1) is 18.2 Å². The van der Waals surface area contributed by atoms with Crippen LogP contribution >= 0.6 is 0 Å². The third-order valence-corrected chi connectivity index (χ3v) is 2.56. The van der Waals surface area contributed by atoms with Gasteiger partial charge < -0.3 is 20.1 Å². The first kappa shape index (κ1) is 17.9. The molecule has 6 nitrogen and oxygen atoms in total. The first-order valence-electron chi connectivity index (χ1n) is 6.05. The molecule has 0 aliphatic rings. The van der Waals surface area contributed by atoms with Crippen molar-refractivity contribution in [3.8, 4) is 11.5 Å². The van der Waals surface area contributed by atoms with Crippen molar-refractivity contribution in [2.45, 2.75) is 0 Å². The van der Waals surface area contributed by atoms with Gasteiger partial charge in [0.2, 0.25) is 0 Å².